The van der Waals surface area contributed by atoms with Gasteiger partial charge in [0.15, 0.2) is 0 Å². The third kappa shape index (κ3) is 5.83. The Hall–Kier alpha value is -2.85. The maximum Gasteiger partial charge on any atom is 0.337 e. The average molecular weight is 412 g/mol. The first-order valence-corrected chi connectivity index (χ1v) is 9.64. The lowest BCUT2D eigenvalue weighted by molar-refractivity contribution is -0.116. The minimum Gasteiger partial charge on any atom is -0.465 e. The van der Waals surface area contributed by atoms with Gasteiger partial charge in [0.1, 0.15) is 16.5 Å². The van der Waals surface area contributed by atoms with Crippen molar-refractivity contribution in [2.24, 2.45) is 0 Å². The Morgan fingerprint density at radius 2 is 1.75 bits per heavy atom. The Kier molecular flexibility index (Phi) is 7.18. The number of rotatable bonds is 8. The van der Waals surface area contributed by atoms with Crippen molar-refractivity contribution in [2.45, 2.75) is 17.7 Å². The molecule has 0 spiro atoms. The zero-order chi connectivity index (χ0) is 20.7. The fourth-order valence-corrected chi connectivity index (χ4v) is 3.39. The quantitative estimate of drug-likeness (QED) is 0.512. The molecule has 2 rings (SSSR count). The van der Waals surface area contributed by atoms with Gasteiger partial charge in [-0.25, -0.2) is 26.7 Å². The molecular weight excluding hydrogens is 394 g/mol. The number of hydrogen-bond donors (Lipinski definition) is 2. The van der Waals surface area contributed by atoms with E-state index < -0.39 is 32.5 Å². The third-order valence-electron chi connectivity index (χ3n) is 3.65. The van der Waals surface area contributed by atoms with Gasteiger partial charge in [0.05, 0.1) is 12.7 Å². The zero-order valence-electron chi connectivity index (χ0n) is 14.9. The molecule has 0 heterocycles. The van der Waals surface area contributed by atoms with E-state index in [-0.39, 0.29) is 25.3 Å². The van der Waals surface area contributed by atoms with Crippen LogP contribution < -0.4 is 10.0 Å². The van der Waals surface area contributed by atoms with E-state index in [1.165, 1.54) is 31.4 Å². The molecule has 2 aromatic rings. The Morgan fingerprint density at radius 1 is 1.07 bits per heavy atom. The average Bonchev–Trinajstić information content (AvgIpc) is 2.65. The molecule has 10 heteroatoms. The molecule has 150 valence electrons. The molecular formula is C18H18F2N2O5S. The van der Waals surface area contributed by atoms with Crippen LogP contribution in [0.3, 0.4) is 0 Å². The molecule has 0 bridgehead atoms. The molecule has 7 nitrogen and oxygen atoms in total. The van der Waals surface area contributed by atoms with Gasteiger partial charge in [-0.1, -0.05) is 0 Å². The molecule has 0 aliphatic heterocycles. The van der Waals surface area contributed by atoms with Crippen LogP contribution in [-0.2, 0) is 19.6 Å². The molecule has 0 unspecified atom stereocenters. The minimum absolute atomic E-state index is 0.00712. The Labute approximate surface area is 160 Å². The highest BCUT2D eigenvalue weighted by molar-refractivity contribution is 7.89. The van der Waals surface area contributed by atoms with Crippen molar-refractivity contribution < 1.29 is 31.5 Å². The third-order valence-corrected chi connectivity index (χ3v) is 5.14. The van der Waals surface area contributed by atoms with Gasteiger partial charge in [0.25, 0.3) is 0 Å². The number of anilines is 1. The number of hydrogen-bond acceptors (Lipinski definition) is 5. The summed E-state index contributed by atoms with van der Waals surface area (Å²) >= 11 is 0. The Morgan fingerprint density at radius 3 is 2.36 bits per heavy atom. The predicted molar refractivity (Wildman–Crippen MR) is 97.2 cm³/mol. The van der Waals surface area contributed by atoms with E-state index in [0.29, 0.717) is 17.3 Å². The summed E-state index contributed by atoms with van der Waals surface area (Å²) in [6, 6.07) is 8.20. The highest BCUT2D eigenvalue weighted by Crippen LogP contribution is 2.15. The second kappa shape index (κ2) is 9.38. The van der Waals surface area contributed by atoms with Crippen molar-refractivity contribution in [3.8, 4) is 0 Å². The number of nitrogens with one attached hydrogen (secondary N) is 2. The van der Waals surface area contributed by atoms with Crippen LogP contribution in [0.2, 0.25) is 0 Å². The van der Waals surface area contributed by atoms with Gasteiger partial charge in [0.2, 0.25) is 15.9 Å². The predicted octanol–water partition coefficient (Wildman–Crippen LogP) is 2.45. The number of carbonyl (C=O) groups is 2. The van der Waals surface area contributed by atoms with E-state index in [0.717, 1.165) is 12.1 Å². The lowest BCUT2D eigenvalue weighted by Crippen LogP contribution is -2.26. The summed E-state index contributed by atoms with van der Waals surface area (Å²) in [5.74, 6) is -2.94. The number of amides is 1. The minimum atomic E-state index is -4.15. The zero-order valence-corrected chi connectivity index (χ0v) is 15.7. The molecule has 0 radical (unpaired) electrons. The van der Waals surface area contributed by atoms with E-state index in [4.69, 9.17) is 0 Å². The van der Waals surface area contributed by atoms with E-state index in [1.54, 1.807) is 0 Å². The molecule has 0 aromatic heterocycles. The van der Waals surface area contributed by atoms with Crippen molar-refractivity contribution in [3.63, 3.8) is 0 Å². The number of sulfonamides is 1. The first-order chi connectivity index (χ1) is 13.2. The maximum atomic E-state index is 13.6. The molecule has 28 heavy (non-hydrogen) atoms. The smallest absolute Gasteiger partial charge is 0.337 e. The number of ether oxygens (including phenoxy) is 1. The van der Waals surface area contributed by atoms with Crippen molar-refractivity contribution in [3.05, 3.63) is 59.7 Å². The first kappa shape index (κ1) is 21.5. The van der Waals surface area contributed by atoms with E-state index in [1.807, 2.05) is 0 Å². The van der Waals surface area contributed by atoms with Crippen LogP contribution in [0.15, 0.2) is 47.4 Å². The van der Waals surface area contributed by atoms with Crippen LogP contribution in [0.5, 0.6) is 0 Å². The molecule has 0 aliphatic carbocycles. The summed E-state index contributed by atoms with van der Waals surface area (Å²) in [7, 11) is -2.89. The van der Waals surface area contributed by atoms with Crippen molar-refractivity contribution in [1.29, 1.82) is 0 Å². The lowest BCUT2D eigenvalue weighted by Gasteiger charge is -2.08. The van der Waals surface area contributed by atoms with Gasteiger partial charge < -0.3 is 10.1 Å². The standard InChI is InChI=1S/C18H18F2N2O5S/c1-27-18(24)12-4-7-14(8-5-12)22-17(23)3-2-10-21-28(25,26)16-9-6-13(19)11-15(16)20/h4-9,11,21H,2-3,10H2,1H3,(H,22,23). The van der Waals surface area contributed by atoms with Crippen LogP contribution >= 0.6 is 0 Å². The molecule has 0 fully saturated rings. The van der Waals surface area contributed by atoms with Gasteiger partial charge in [0, 0.05) is 24.7 Å². The summed E-state index contributed by atoms with van der Waals surface area (Å²) in [5, 5.41) is 2.60. The van der Waals surface area contributed by atoms with Gasteiger partial charge in [-0.3, -0.25) is 4.79 Å². The SMILES string of the molecule is COC(=O)c1ccc(NC(=O)CCCNS(=O)(=O)c2ccc(F)cc2F)cc1. The summed E-state index contributed by atoms with van der Waals surface area (Å²) in [6.45, 7) is -0.103. The molecule has 1 amide bonds. The van der Waals surface area contributed by atoms with Gasteiger partial charge >= 0.3 is 5.97 Å². The van der Waals surface area contributed by atoms with E-state index in [9.17, 15) is 26.8 Å². The van der Waals surface area contributed by atoms with Gasteiger partial charge in [-0.15, -0.1) is 0 Å². The fourth-order valence-electron chi connectivity index (χ4n) is 2.26. The number of benzene rings is 2. The molecule has 2 aromatic carbocycles. The van der Waals surface area contributed by atoms with Gasteiger partial charge in [-0.05, 0) is 42.8 Å². The maximum absolute atomic E-state index is 13.6. The Balaban J connectivity index is 1.81. The first-order valence-electron chi connectivity index (χ1n) is 8.16. The van der Waals surface area contributed by atoms with Crippen LogP contribution in [0.1, 0.15) is 23.2 Å². The summed E-state index contributed by atoms with van der Waals surface area (Å²) < 4.78 is 57.2. The lowest BCUT2D eigenvalue weighted by atomic mass is 10.2. The van der Waals surface area contributed by atoms with E-state index >= 15 is 0 Å². The van der Waals surface area contributed by atoms with E-state index in [2.05, 4.69) is 14.8 Å². The largest absolute Gasteiger partial charge is 0.465 e. The second-order valence-electron chi connectivity index (χ2n) is 5.69. The molecule has 0 atom stereocenters. The second-order valence-corrected chi connectivity index (χ2v) is 7.43. The molecule has 2 N–H and O–H groups in total. The van der Waals surface area contributed by atoms with Crippen LogP contribution in [0, 0.1) is 11.6 Å². The highest BCUT2D eigenvalue weighted by atomic mass is 32.2. The Bertz CT molecular complexity index is 962. The molecule has 0 saturated heterocycles. The number of methoxy groups -OCH3 is 1. The van der Waals surface area contributed by atoms with Crippen LogP contribution in [0.4, 0.5) is 14.5 Å². The number of carbonyl (C=O) groups excluding carboxylic acids is 2. The monoisotopic (exact) mass is 412 g/mol. The summed E-state index contributed by atoms with van der Waals surface area (Å²) in [4.78, 5) is 22.6. The fraction of sp³-hybridized carbons (Fsp3) is 0.222. The topological polar surface area (TPSA) is 102 Å². The molecule has 0 aliphatic rings. The van der Waals surface area contributed by atoms with Crippen molar-refractivity contribution in [1.82, 2.24) is 4.72 Å². The summed E-state index contributed by atoms with van der Waals surface area (Å²) in [6.07, 6.45) is 0.168. The molecule has 0 saturated carbocycles. The van der Waals surface area contributed by atoms with Crippen LogP contribution in [0.25, 0.3) is 0 Å². The normalized spacial score (nSPS) is 11.1. The van der Waals surface area contributed by atoms with Crippen molar-refractivity contribution in [2.75, 3.05) is 19.0 Å². The van der Waals surface area contributed by atoms with Crippen LogP contribution in [-0.4, -0.2) is 33.9 Å². The van der Waals surface area contributed by atoms with Gasteiger partial charge in [-0.2, -0.15) is 0 Å². The number of halogens is 2. The highest BCUT2D eigenvalue weighted by Gasteiger charge is 2.19. The number of esters is 1. The summed E-state index contributed by atoms with van der Waals surface area (Å²) in [5.41, 5.74) is 0.801. The van der Waals surface area contributed by atoms with Crippen molar-refractivity contribution >= 4 is 27.6 Å².